The number of sulfonamides is 1. The van der Waals surface area contributed by atoms with Gasteiger partial charge in [-0.05, 0) is 36.6 Å². The number of hydrogen-bond donors (Lipinski definition) is 2. The molecule has 1 heterocycles. The van der Waals surface area contributed by atoms with Crippen LogP contribution >= 0.6 is 11.7 Å². The zero-order valence-electron chi connectivity index (χ0n) is 17.3. The molecular weight excluding hydrogens is 444 g/mol. The summed E-state index contributed by atoms with van der Waals surface area (Å²) in [4.78, 5) is 13.2. The zero-order valence-corrected chi connectivity index (χ0v) is 18.9. The Kier molecular flexibility index (Phi) is 6.59. The lowest BCUT2D eigenvalue weighted by Crippen LogP contribution is -2.48. The van der Waals surface area contributed by atoms with E-state index in [9.17, 15) is 13.2 Å². The second-order valence-corrected chi connectivity index (χ2v) is 9.60. The molecule has 0 spiro atoms. The minimum absolute atomic E-state index is 0.00530. The van der Waals surface area contributed by atoms with E-state index in [1.807, 2.05) is 67.6 Å². The molecule has 2 N–H and O–H groups in total. The summed E-state index contributed by atoms with van der Waals surface area (Å²) < 4.78 is 37.3. The van der Waals surface area contributed by atoms with Crippen LogP contribution in [0.25, 0.3) is 11.0 Å². The van der Waals surface area contributed by atoms with Crippen molar-refractivity contribution < 1.29 is 13.2 Å². The summed E-state index contributed by atoms with van der Waals surface area (Å²) in [5.74, 6) is -0.405. The van der Waals surface area contributed by atoms with Gasteiger partial charge in [0, 0.05) is 0 Å². The highest BCUT2D eigenvalue weighted by Crippen LogP contribution is 2.22. The molecule has 0 saturated carbocycles. The molecule has 0 fully saturated rings. The van der Waals surface area contributed by atoms with E-state index in [0.717, 1.165) is 22.9 Å². The van der Waals surface area contributed by atoms with Crippen LogP contribution in [-0.4, -0.2) is 29.1 Å². The normalized spacial score (nSPS) is 13.5. The molecule has 0 bridgehead atoms. The van der Waals surface area contributed by atoms with Crippen LogP contribution in [-0.2, 0) is 21.2 Å². The number of fused-ring (bicyclic) bond motifs is 1. The van der Waals surface area contributed by atoms with Crippen LogP contribution in [0.2, 0.25) is 0 Å². The molecule has 0 aliphatic carbocycles. The van der Waals surface area contributed by atoms with Crippen LogP contribution in [0, 0.1) is 0 Å². The van der Waals surface area contributed by atoms with E-state index in [2.05, 4.69) is 18.8 Å². The lowest BCUT2D eigenvalue weighted by molar-refractivity contribution is -0.123. The van der Waals surface area contributed by atoms with Crippen molar-refractivity contribution >= 4 is 38.7 Å². The minimum atomic E-state index is -4.03. The van der Waals surface area contributed by atoms with Crippen molar-refractivity contribution in [2.45, 2.75) is 30.3 Å². The predicted molar refractivity (Wildman–Crippen MR) is 125 cm³/mol. The molecule has 1 amide bonds. The topological polar surface area (TPSA) is 101 Å². The summed E-state index contributed by atoms with van der Waals surface area (Å²) in [6, 6.07) is 22.3. The molecule has 164 valence electrons. The first-order valence-corrected chi connectivity index (χ1v) is 12.3. The predicted octanol–water partition coefficient (Wildman–Crippen LogP) is 3.46. The Morgan fingerprint density at radius 2 is 1.62 bits per heavy atom. The molecular formula is C23H22N4O3S2. The smallest absolute Gasteiger partial charge is 0.243 e. The first-order valence-electron chi connectivity index (χ1n) is 10.1. The number of hydrogen-bond acceptors (Lipinski definition) is 6. The Morgan fingerprint density at radius 3 is 2.34 bits per heavy atom. The monoisotopic (exact) mass is 466 g/mol. The summed E-state index contributed by atoms with van der Waals surface area (Å²) in [7, 11) is -4.03. The SMILES string of the molecule is C[C@H](NC(=O)[C@@H](Cc1ccccc1)NS(=O)(=O)c1cccc2nsnc12)c1ccccc1. The van der Waals surface area contributed by atoms with E-state index in [1.54, 1.807) is 12.1 Å². The van der Waals surface area contributed by atoms with E-state index >= 15 is 0 Å². The molecule has 0 saturated heterocycles. The molecule has 4 rings (SSSR count). The first kappa shape index (κ1) is 22.1. The van der Waals surface area contributed by atoms with Gasteiger partial charge in [0.15, 0.2) is 0 Å². The number of carbonyl (C=O) groups is 1. The average Bonchev–Trinajstić information content (AvgIpc) is 3.28. The largest absolute Gasteiger partial charge is 0.348 e. The van der Waals surface area contributed by atoms with Gasteiger partial charge in [-0.15, -0.1) is 0 Å². The summed E-state index contributed by atoms with van der Waals surface area (Å²) >= 11 is 0.945. The third kappa shape index (κ3) is 5.01. The molecule has 0 unspecified atom stereocenters. The van der Waals surface area contributed by atoms with Gasteiger partial charge in [-0.2, -0.15) is 13.5 Å². The standard InChI is InChI=1S/C23H22N4O3S2/c1-16(18-11-6-3-7-12-18)24-23(28)20(15-17-9-4-2-5-10-17)27-32(29,30)21-14-8-13-19-22(21)26-31-25-19/h2-14,16,20,27H,15H2,1H3,(H,24,28)/t16-,20+/m0/s1. The zero-order chi connectivity index (χ0) is 22.6. The van der Waals surface area contributed by atoms with E-state index in [0.29, 0.717) is 11.0 Å². The van der Waals surface area contributed by atoms with Crippen molar-refractivity contribution in [3.05, 3.63) is 90.0 Å². The molecule has 2 atom stereocenters. The second-order valence-electron chi connectivity index (χ2n) is 7.39. The van der Waals surface area contributed by atoms with Gasteiger partial charge < -0.3 is 5.32 Å². The highest BCUT2D eigenvalue weighted by Gasteiger charge is 2.29. The van der Waals surface area contributed by atoms with E-state index in [-0.39, 0.29) is 17.4 Å². The molecule has 0 aliphatic rings. The number of nitrogens with zero attached hydrogens (tertiary/aromatic N) is 2. The molecule has 0 aliphatic heterocycles. The molecule has 1 aromatic heterocycles. The number of rotatable bonds is 8. The van der Waals surface area contributed by atoms with Crippen LogP contribution in [0.3, 0.4) is 0 Å². The van der Waals surface area contributed by atoms with Crippen molar-refractivity contribution in [2.24, 2.45) is 0 Å². The van der Waals surface area contributed by atoms with Crippen molar-refractivity contribution in [1.82, 2.24) is 18.8 Å². The molecule has 9 heteroatoms. The van der Waals surface area contributed by atoms with Crippen LogP contribution in [0.4, 0.5) is 0 Å². The number of carbonyl (C=O) groups excluding carboxylic acids is 1. The average molecular weight is 467 g/mol. The third-order valence-corrected chi connectivity index (χ3v) is 7.14. The Bertz CT molecular complexity index is 1310. The maximum absolute atomic E-state index is 13.3. The Labute approximate surface area is 190 Å². The Hall–Kier alpha value is -3.14. The van der Waals surface area contributed by atoms with E-state index < -0.39 is 22.0 Å². The molecule has 3 aromatic carbocycles. The number of amides is 1. The highest BCUT2D eigenvalue weighted by atomic mass is 32.2. The molecule has 32 heavy (non-hydrogen) atoms. The van der Waals surface area contributed by atoms with E-state index in [4.69, 9.17) is 0 Å². The Balaban J connectivity index is 1.61. The van der Waals surface area contributed by atoms with Crippen molar-refractivity contribution in [3.63, 3.8) is 0 Å². The first-order chi connectivity index (χ1) is 15.4. The lowest BCUT2D eigenvalue weighted by Gasteiger charge is -2.22. The maximum atomic E-state index is 13.3. The van der Waals surface area contributed by atoms with Crippen LogP contribution in [0.15, 0.2) is 83.8 Å². The van der Waals surface area contributed by atoms with Gasteiger partial charge in [-0.3, -0.25) is 4.79 Å². The van der Waals surface area contributed by atoms with Crippen molar-refractivity contribution in [2.75, 3.05) is 0 Å². The van der Waals surface area contributed by atoms with E-state index in [1.165, 1.54) is 6.07 Å². The number of aromatic nitrogens is 2. The van der Waals surface area contributed by atoms with Gasteiger partial charge in [0.1, 0.15) is 22.0 Å². The van der Waals surface area contributed by atoms with Crippen molar-refractivity contribution in [3.8, 4) is 0 Å². The number of benzene rings is 3. The van der Waals surface area contributed by atoms with Crippen LogP contribution in [0.1, 0.15) is 24.1 Å². The Morgan fingerprint density at radius 1 is 0.938 bits per heavy atom. The fraction of sp³-hybridized carbons (Fsp3) is 0.174. The lowest BCUT2D eigenvalue weighted by atomic mass is 10.0. The van der Waals surface area contributed by atoms with Crippen molar-refractivity contribution in [1.29, 1.82) is 0 Å². The second kappa shape index (κ2) is 9.56. The van der Waals surface area contributed by atoms with Crippen LogP contribution < -0.4 is 10.0 Å². The van der Waals surface area contributed by atoms with Gasteiger partial charge >= 0.3 is 0 Å². The van der Waals surface area contributed by atoms with Gasteiger partial charge in [0.2, 0.25) is 15.9 Å². The fourth-order valence-electron chi connectivity index (χ4n) is 3.43. The molecule has 7 nitrogen and oxygen atoms in total. The minimum Gasteiger partial charge on any atom is -0.348 e. The summed E-state index contributed by atoms with van der Waals surface area (Å²) in [5.41, 5.74) is 2.57. The summed E-state index contributed by atoms with van der Waals surface area (Å²) in [6.07, 6.45) is 0.207. The number of nitrogens with one attached hydrogen (secondary N) is 2. The van der Waals surface area contributed by atoms with Gasteiger partial charge in [0.05, 0.1) is 17.8 Å². The maximum Gasteiger partial charge on any atom is 0.243 e. The van der Waals surface area contributed by atoms with Gasteiger partial charge in [-0.1, -0.05) is 66.7 Å². The quantitative estimate of drug-likeness (QED) is 0.414. The van der Waals surface area contributed by atoms with Gasteiger partial charge in [-0.25, -0.2) is 8.42 Å². The van der Waals surface area contributed by atoms with Crippen LogP contribution in [0.5, 0.6) is 0 Å². The molecule has 0 radical (unpaired) electrons. The third-order valence-electron chi connectivity index (χ3n) is 5.09. The van der Waals surface area contributed by atoms with Gasteiger partial charge in [0.25, 0.3) is 0 Å². The summed E-state index contributed by atoms with van der Waals surface area (Å²) in [5, 5.41) is 2.93. The fourth-order valence-corrected chi connectivity index (χ4v) is 5.39. The molecule has 4 aromatic rings. The highest BCUT2D eigenvalue weighted by molar-refractivity contribution is 7.89. The summed E-state index contributed by atoms with van der Waals surface area (Å²) in [6.45, 7) is 1.86.